The average molecular weight is 419 g/mol. The van der Waals surface area contributed by atoms with Gasteiger partial charge in [0, 0.05) is 19.1 Å². The molecule has 2 heterocycles. The molecule has 0 saturated carbocycles. The molecule has 2 aromatic carbocycles. The highest BCUT2D eigenvalue weighted by Crippen LogP contribution is 2.38. The van der Waals surface area contributed by atoms with Crippen LogP contribution in [-0.4, -0.2) is 58.8 Å². The molecule has 1 N–H and O–H groups in total. The molecular formula is C21H26N2O5S. The van der Waals surface area contributed by atoms with E-state index in [2.05, 4.69) is 9.62 Å². The van der Waals surface area contributed by atoms with Crippen molar-refractivity contribution in [2.45, 2.75) is 24.3 Å². The first-order chi connectivity index (χ1) is 14.0. The highest BCUT2D eigenvalue weighted by Gasteiger charge is 2.27. The summed E-state index contributed by atoms with van der Waals surface area (Å²) in [5.74, 6) is 2.04. The lowest BCUT2D eigenvalue weighted by Gasteiger charge is -2.22. The summed E-state index contributed by atoms with van der Waals surface area (Å²) >= 11 is 0. The Morgan fingerprint density at radius 2 is 2.00 bits per heavy atom. The third-order valence-corrected chi connectivity index (χ3v) is 6.61. The van der Waals surface area contributed by atoms with Gasteiger partial charge in [-0.15, -0.1) is 0 Å². The van der Waals surface area contributed by atoms with E-state index in [4.69, 9.17) is 14.2 Å². The summed E-state index contributed by atoms with van der Waals surface area (Å²) < 4.78 is 45.2. The molecule has 2 aliphatic rings. The fourth-order valence-electron chi connectivity index (χ4n) is 3.65. The van der Waals surface area contributed by atoms with Crippen molar-refractivity contribution in [3.63, 3.8) is 0 Å². The summed E-state index contributed by atoms with van der Waals surface area (Å²) in [5, 5.41) is 0. The van der Waals surface area contributed by atoms with Crippen LogP contribution in [0.1, 0.15) is 12.0 Å². The van der Waals surface area contributed by atoms with E-state index in [-0.39, 0.29) is 6.04 Å². The molecule has 1 fully saturated rings. The second-order valence-electron chi connectivity index (χ2n) is 7.35. The van der Waals surface area contributed by atoms with Crippen LogP contribution < -0.4 is 18.9 Å². The Morgan fingerprint density at radius 1 is 1.17 bits per heavy atom. The van der Waals surface area contributed by atoms with E-state index in [1.165, 1.54) is 0 Å². The van der Waals surface area contributed by atoms with Gasteiger partial charge in [0.15, 0.2) is 11.5 Å². The maximum Gasteiger partial charge on any atom is 0.240 e. The minimum absolute atomic E-state index is 0.0956. The standard InChI is InChI=1S/C21H26N2O5S/c1-16-4-2-5-18(14-16)29(24,25)22-17-8-9-23(15-17)10-11-26-19-6-3-7-20-21(19)28-13-12-27-20/h2-7,14,17,22H,8-13,15H2,1H3. The largest absolute Gasteiger partial charge is 0.488 e. The van der Waals surface area contributed by atoms with Crippen LogP contribution in [0.2, 0.25) is 0 Å². The van der Waals surface area contributed by atoms with Crippen molar-refractivity contribution >= 4 is 10.0 Å². The number of fused-ring (bicyclic) bond motifs is 1. The van der Waals surface area contributed by atoms with E-state index < -0.39 is 10.0 Å². The molecule has 0 radical (unpaired) electrons. The van der Waals surface area contributed by atoms with Crippen LogP contribution in [-0.2, 0) is 10.0 Å². The zero-order valence-corrected chi connectivity index (χ0v) is 17.3. The third-order valence-electron chi connectivity index (χ3n) is 5.09. The maximum absolute atomic E-state index is 12.6. The van der Waals surface area contributed by atoms with Crippen molar-refractivity contribution in [2.75, 3.05) is 39.5 Å². The van der Waals surface area contributed by atoms with E-state index in [1.807, 2.05) is 31.2 Å². The minimum Gasteiger partial charge on any atom is -0.488 e. The number of hydrogen-bond acceptors (Lipinski definition) is 6. The molecule has 7 nitrogen and oxygen atoms in total. The van der Waals surface area contributed by atoms with Crippen molar-refractivity contribution in [1.82, 2.24) is 9.62 Å². The Balaban J connectivity index is 1.28. The molecule has 29 heavy (non-hydrogen) atoms. The van der Waals surface area contributed by atoms with Gasteiger partial charge in [0.2, 0.25) is 15.8 Å². The predicted octanol–water partition coefficient (Wildman–Crippen LogP) is 2.20. The normalized spacial score (nSPS) is 19.3. The summed E-state index contributed by atoms with van der Waals surface area (Å²) in [7, 11) is -3.50. The van der Waals surface area contributed by atoms with Gasteiger partial charge >= 0.3 is 0 Å². The molecule has 4 rings (SSSR count). The lowest BCUT2D eigenvalue weighted by Crippen LogP contribution is -2.37. The summed E-state index contributed by atoms with van der Waals surface area (Å²) in [4.78, 5) is 2.52. The summed E-state index contributed by atoms with van der Waals surface area (Å²) in [6.07, 6.45) is 0.780. The van der Waals surface area contributed by atoms with Gasteiger partial charge in [-0.1, -0.05) is 18.2 Å². The van der Waals surface area contributed by atoms with Gasteiger partial charge in [0.1, 0.15) is 19.8 Å². The molecule has 1 atom stereocenters. The van der Waals surface area contributed by atoms with E-state index in [0.717, 1.165) is 18.5 Å². The molecule has 2 aromatic rings. The van der Waals surface area contributed by atoms with Crippen LogP contribution in [0.5, 0.6) is 17.2 Å². The molecule has 0 aromatic heterocycles. The number of likely N-dealkylation sites (tertiary alicyclic amines) is 1. The van der Waals surface area contributed by atoms with Crippen molar-refractivity contribution in [3.05, 3.63) is 48.0 Å². The molecule has 0 spiro atoms. The number of benzene rings is 2. The van der Waals surface area contributed by atoms with Gasteiger partial charge in [0.25, 0.3) is 0 Å². The Labute approximate surface area is 171 Å². The monoisotopic (exact) mass is 418 g/mol. The van der Waals surface area contributed by atoms with Crippen LogP contribution >= 0.6 is 0 Å². The van der Waals surface area contributed by atoms with Crippen LogP contribution in [0, 0.1) is 6.92 Å². The predicted molar refractivity (Wildman–Crippen MR) is 109 cm³/mol. The Morgan fingerprint density at radius 3 is 2.86 bits per heavy atom. The van der Waals surface area contributed by atoms with Gasteiger partial charge in [-0.25, -0.2) is 13.1 Å². The second kappa shape index (κ2) is 8.61. The third kappa shape index (κ3) is 4.83. The zero-order valence-electron chi connectivity index (χ0n) is 16.5. The SMILES string of the molecule is Cc1cccc(S(=O)(=O)NC2CCN(CCOc3cccc4c3OCCO4)C2)c1. The molecular weight excluding hydrogens is 392 g/mol. The number of nitrogens with zero attached hydrogens (tertiary/aromatic N) is 1. The molecule has 2 aliphatic heterocycles. The van der Waals surface area contributed by atoms with Crippen LogP contribution in [0.4, 0.5) is 0 Å². The van der Waals surface area contributed by atoms with Gasteiger partial charge < -0.3 is 14.2 Å². The van der Waals surface area contributed by atoms with Gasteiger partial charge in [-0.05, 0) is 49.7 Å². The number of rotatable bonds is 7. The summed E-state index contributed by atoms with van der Waals surface area (Å²) in [5.41, 5.74) is 0.926. The highest BCUT2D eigenvalue weighted by atomic mass is 32.2. The van der Waals surface area contributed by atoms with E-state index >= 15 is 0 Å². The fourth-order valence-corrected chi connectivity index (χ4v) is 5.01. The average Bonchev–Trinajstić information content (AvgIpc) is 3.14. The molecule has 0 aliphatic carbocycles. The number of aryl methyl sites for hydroxylation is 1. The Hall–Kier alpha value is -2.29. The van der Waals surface area contributed by atoms with Gasteiger partial charge in [-0.3, -0.25) is 4.90 Å². The topological polar surface area (TPSA) is 77.1 Å². The highest BCUT2D eigenvalue weighted by molar-refractivity contribution is 7.89. The lowest BCUT2D eigenvalue weighted by molar-refractivity contribution is 0.158. The Bertz CT molecular complexity index is 963. The van der Waals surface area contributed by atoms with Crippen LogP contribution in [0.15, 0.2) is 47.4 Å². The van der Waals surface area contributed by atoms with Crippen molar-refractivity contribution in [1.29, 1.82) is 0 Å². The first kappa shape index (κ1) is 20.0. The number of sulfonamides is 1. The van der Waals surface area contributed by atoms with E-state index in [9.17, 15) is 8.42 Å². The summed E-state index contributed by atoms with van der Waals surface area (Å²) in [6.45, 7) is 5.66. The number of nitrogens with one attached hydrogen (secondary N) is 1. The second-order valence-corrected chi connectivity index (χ2v) is 9.07. The molecule has 1 saturated heterocycles. The first-order valence-corrected chi connectivity index (χ1v) is 11.3. The van der Waals surface area contributed by atoms with Crippen molar-refractivity contribution in [2.24, 2.45) is 0 Å². The Kier molecular flexibility index (Phi) is 5.94. The molecule has 0 amide bonds. The van der Waals surface area contributed by atoms with Crippen molar-refractivity contribution < 1.29 is 22.6 Å². The smallest absolute Gasteiger partial charge is 0.240 e. The number of ether oxygens (including phenoxy) is 3. The molecule has 1 unspecified atom stereocenters. The van der Waals surface area contributed by atoms with E-state index in [1.54, 1.807) is 18.2 Å². The summed E-state index contributed by atoms with van der Waals surface area (Å²) in [6, 6.07) is 12.5. The lowest BCUT2D eigenvalue weighted by atomic mass is 10.2. The van der Waals surface area contributed by atoms with Gasteiger partial charge in [0.05, 0.1) is 4.90 Å². The zero-order chi connectivity index (χ0) is 20.3. The maximum atomic E-state index is 12.6. The molecule has 156 valence electrons. The quantitative estimate of drug-likeness (QED) is 0.743. The van der Waals surface area contributed by atoms with E-state index in [0.29, 0.717) is 55.1 Å². The van der Waals surface area contributed by atoms with Crippen LogP contribution in [0.3, 0.4) is 0 Å². The minimum atomic E-state index is -3.50. The fraction of sp³-hybridized carbons (Fsp3) is 0.429. The molecule has 8 heteroatoms. The number of hydrogen-bond donors (Lipinski definition) is 1. The molecule has 0 bridgehead atoms. The van der Waals surface area contributed by atoms with Crippen molar-refractivity contribution in [3.8, 4) is 17.2 Å². The number of para-hydroxylation sites is 1. The first-order valence-electron chi connectivity index (χ1n) is 9.84. The van der Waals surface area contributed by atoms with Crippen LogP contribution in [0.25, 0.3) is 0 Å². The van der Waals surface area contributed by atoms with Gasteiger partial charge in [-0.2, -0.15) is 0 Å².